The number of hydrogen-bond acceptors (Lipinski definition) is 4. The molecule has 0 N–H and O–H groups in total. The number of hydrogen-bond donors (Lipinski definition) is 0. The predicted octanol–water partition coefficient (Wildman–Crippen LogP) is 3.84. The number of fused-ring (bicyclic) bond motifs is 1. The molecule has 32 heavy (non-hydrogen) atoms. The van der Waals surface area contributed by atoms with Gasteiger partial charge in [0.1, 0.15) is 5.75 Å². The summed E-state index contributed by atoms with van der Waals surface area (Å²) < 4.78 is 33.5. The van der Waals surface area contributed by atoms with E-state index < -0.39 is 16.1 Å². The second-order valence-electron chi connectivity index (χ2n) is 8.03. The molecule has 3 aromatic carbocycles. The fourth-order valence-electron chi connectivity index (χ4n) is 3.97. The van der Waals surface area contributed by atoms with E-state index in [1.165, 1.54) is 4.31 Å². The summed E-state index contributed by atoms with van der Waals surface area (Å²) in [5, 5.41) is 2.03. The maximum absolute atomic E-state index is 13.2. The van der Waals surface area contributed by atoms with Gasteiger partial charge in [0.25, 0.3) is 5.91 Å². The van der Waals surface area contributed by atoms with Crippen molar-refractivity contribution in [3.05, 3.63) is 72.3 Å². The number of piperazine rings is 1. The lowest BCUT2D eigenvalue weighted by Crippen LogP contribution is -2.53. The summed E-state index contributed by atoms with van der Waals surface area (Å²) in [4.78, 5) is 15.2. The highest BCUT2D eigenvalue weighted by molar-refractivity contribution is 7.89. The van der Waals surface area contributed by atoms with E-state index in [9.17, 15) is 13.2 Å². The van der Waals surface area contributed by atoms with Crippen LogP contribution in [0.5, 0.6) is 5.75 Å². The van der Waals surface area contributed by atoms with Crippen LogP contribution in [-0.2, 0) is 14.8 Å². The van der Waals surface area contributed by atoms with Gasteiger partial charge in [-0.2, -0.15) is 4.31 Å². The first kappa shape index (κ1) is 22.3. The Morgan fingerprint density at radius 1 is 0.938 bits per heavy atom. The molecule has 1 aliphatic heterocycles. The summed E-state index contributed by atoms with van der Waals surface area (Å²) in [5.74, 6) is 0.580. The van der Waals surface area contributed by atoms with Crippen LogP contribution in [0.15, 0.2) is 71.6 Å². The summed E-state index contributed by atoms with van der Waals surface area (Å²) in [7, 11) is -3.56. The molecule has 0 aliphatic carbocycles. The number of carbonyl (C=O) groups excluding carboxylic acids is 1. The molecule has 1 unspecified atom stereocenters. The van der Waals surface area contributed by atoms with Crippen molar-refractivity contribution < 1.29 is 17.9 Å². The number of aryl methyl sites for hydroxylation is 1. The smallest absolute Gasteiger partial charge is 0.263 e. The number of benzene rings is 3. The van der Waals surface area contributed by atoms with E-state index in [0.717, 1.165) is 16.3 Å². The van der Waals surface area contributed by atoms with Gasteiger partial charge in [-0.15, -0.1) is 0 Å². The topological polar surface area (TPSA) is 66.9 Å². The first-order valence-corrected chi connectivity index (χ1v) is 12.3. The summed E-state index contributed by atoms with van der Waals surface area (Å²) in [6.45, 7) is 5.08. The molecular formula is C25H28N2O4S. The lowest BCUT2D eigenvalue weighted by Gasteiger charge is -2.35. The van der Waals surface area contributed by atoms with Crippen molar-refractivity contribution in [2.45, 2.75) is 31.3 Å². The quantitative estimate of drug-likeness (QED) is 0.570. The van der Waals surface area contributed by atoms with Crippen LogP contribution in [0.3, 0.4) is 0 Å². The van der Waals surface area contributed by atoms with Gasteiger partial charge in [0.05, 0.1) is 4.90 Å². The molecule has 1 saturated heterocycles. The Morgan fingerprint density at radius 2 is 1.59 bits per heavy atom. The second-order valence-corrected chi connectivity index (χ2v) is 9.97. The zero-order valence-electron chi connectivity index (χ0n) is 18.4. The van der Waals surface area contributed by atoms with Crippen LogP contribution in [0.2, 0.25) is 0 Å². The Balaban J connectivity index is 1.43. The monoisotopic (exact) mass is 452 g/mol. The van der Waals surface area contributed by atoms with Crippen LogP contribution in [-0.4, -0.2) is 55.8 Å². The second kappa shape index (κ2) is 9.30. The minimum absolute atomic E-state index is 0.104. The first-order chi connectivity index (χ1) is 15.4. The summed E-state index contributed by atoms with van der Waals surface area (Å²) in [5.41, 5.74) is 1.01. The van der Waals surface area contributed by atoms with Gasteiger partial charge in [-0.3, -0.25) is 4.79 Å². The molecule has 1 fully saturated rings. The highest BCUT2D eigenvalue weighted by atomic mass is 32.2. The predicted molar refractivity (Wildman–Crippen MR) is 125 cm³/mol. The van der Waals surface area contributed by atoms with Crippen LogP contribution < -0.4 is 4.74 Å². The van der Waals surface area contributed by atoms with Crippen LogP contribution in [0.1, 0.15) is 18.9 Å². The minimum atomic E-state index is -3.56. The molecule has 1 atom stereocenters. The third kappa shape index (κ3) is 4.49. The van der Waals surface area contributed by atoms with Gasteiger partial charge in [0.2, 0.25) is 10.0 Å². The van der Waals surface area contributed by atoms with Crippen LogP contribution in [0.4, 0.5) is 0 Å². The van der Waals surface area contributed by atoms with E-state index in [0.29, 0.717) is 25.3 Å². The Kier molecular flexibility index (Phi) is 6.48. The molecule has 1 heterocycles. The Hall–Kier alpha value is -2.90. The fourth-order valence-corrected chi connectivity index (χ4v) is 5.39. The minimum Gasteiger partial charge on any atom is -0.480 e. The van der Waals surface area contributed by atoms with E-state index in [-0.39, 0.29) is 23.9 Å². The lowest BCUT2D eigenvalue weighted by molar-refractivity contribution is -0.140. The maximum Gasteiger partial charge on any atom is 0.263 e. The molecule has 0 saturated carbocycles. The Bertz CT molecular complexity index is 1190. The van der Waals surface area contributed by atoms with E-state index in [4.69, 9.17) is 4.74 Å². The van der Waals surface area contributed by atoms with Gasteiger partial charge >= 0.3 is 0 Å². The number of ether oxygens (including phenoxy) is 1. The van der Waals surface area contributed by atoms with Crippen molar-refractivity contribution in [3.63, 3.8) is 0 Å². The summed E-state index contributed by atoms with van der Waals surface area (Å²) >= 11 is 0. The highest BCUT2D eigenvalue weighted by Crippen LogP contribution is 2.27. The molecule has 168 valence electrons. The molecular weight excluding hydrogens is 424 g/mol. The molecule has 4 rings (SSSR count). The van der Waals surface area contributed by atoms with Gasteiger partial charge in [-0.25, -0.2) is 8.42 Å². The third-order valence-electron chi connectivity index (χ3n) is 5.87. The van der Waals surface area contributed by atoms with Gasteiger partial charge in [0.15, 0.2) is 6.10 Å². The molecule has 6 nitrogen and oxygen atoms in total. The number of rotatable bonds is 6. The van der Waals surface area contributed by atoms with Gasteiger partial charge in [-0.05, 0) is 36.9 Å². The summed E-state index contributed by atoms with van der Waals surface area (Å²) in [6, 6.07) is 20.6. The summed E-state index contributed by atoms with van der Waals surface area (Å²) in [6.07, 6.45) is -0.0784. The zero-order chi connectivity index (χ0) is 22.7. The van der Waals surface area contributed by atoms with Gasteiger partial charge < -0.3 is 9.64 Å². The van der Waals surface area contributed by atoms with Crippen molar-refractivity contribution in [2.24, 2.45) is 0 Å². The van der Waals surface area contributed by atoms with Crippen LogP contribution in [0, 0.1) is 6.92 Å². The van der Waals surface area contributed by atoms with Gasteiger partial charge in [-0.1, -0.05) is 61.0 Å². The van der Waals surface area contributed by atoms with Crippen LogP contribution in [0.25, 0.3) is 10.8 Å². The van der Waals surface area contributed by atoms with Crippen LogP contribution >= 0.6 is 0 Å². The maximum atomic E-state index is 13.2. The van der Waals surface area contributed by atoms with Crippen molar-refractivity contribution in [1.29, 1.82) is 0 Å². The average molecular weight is 453 g/mol. The zero-order valence-corrected chi connectivity index (χ0v) is 19.2. The van der Waals surface area contributed by atoms with E-state index in [1.54, 1.807) is 29.2 Å². The number of nitrogens with zero attached hydrogens (tertiary/aromatic N) is 2. The molecule has 0 aromatic heterocycles. The number of sulfonamides is 1. The fraction of sp³-hybridized carbons (Fsp3) is 0.320. The van der Waals surface area contributed by atoms with Gasteiger partial charge in [0, 0.05) is 31.6 Å². The lowest BCUT2D eigenvalue weighted by atomic mass is 10.1. The molecule has 0 radical (unpaired) electrons. The Morgan fingerprint density at radius 3 is 2.28 bits per heavy atom. The standard InChI is InChI=1S/C25H28N2O4S/c1-3-23(31-24-10-6-8-20-7-4-5-9-22(20)24)25(28)26-15-17-27(18-16-26)32(29,30)21-13-11-19(2)12-14-21/h4-14,23H,3,15-18H2,1-2H3. The van der Waals surface area contributed by atoms with Crippen molar-refractivity contribution in [1.82, 2.24) is 9.21 Å². The van der Waals surface area contributed by atoms with E-state index >= 15 is 0 Å². The molecule has 7 heteroatoms. The van der Waals surface area contributed by atoms with E-state index in [1.807, 2.05) is 56.3 Å². The third-order valence-corrected chi connectivity index (χ3v) is 7.79. The van der Waals surface area contributed by atoms with E-state index in [2.05, 4.69) is 0 Å². The molecule has 1 amide bonds. The molecule has 1 aliphatic rings. The normalized spacial score (nSPS) is 16.1. The number of amides is 1. The average Bonchev–Trinajstić information content (AvgIpc) is 2.82. The molecule has 0 spiro atoms. The molecule has 3 aromatic rings. The SMILES string of the molecule is CCC(Oc1cccc2ccccc12)C(=O)N1CCN(S(=O)(=O)c2ccc(C)cc2)CC1. The number of carbonyl (C=O) groups is 1. The van der Waals surface area contributed by atoms with Crippen molar-refractivity contribution >= 4 is 26.7 Å². The largest absolute Gasteiger partial charge is 0.480 e. The van der Waals surface area contributed by atoms with Crippen molar-refractivity contribution in [2.75, 3.05) is 26.2 Å². The first-order valence-electron chi connectivity index (χ1n) is 10.9. The highest BCUT2D eigenvalue weighted by Gasteiger charge is 2.33. The van der Waals surface area contributed by atoms with Crippen molar-refractivity contribution in [3.8, 4) is 5.75 Å². The Labute approximate surface area is 189 Å². The molecule has 0 bridgehead atoms.